The molecule has 4 fully saturated rings. The highest BCUT2D eigenvalue weighted by Crippen LogP contribution is 2.52. The van der Waals surface area contributed by atoms with Crippen LogP contribution in [0.1, 0.15) is 61.1 Å². The van der Waals surface area contributed by atoms with Gasteiger partial charge in [0.25, 0.3) is 5.92 Å². The number of alkyl halides is 2. The van der Waals surface area contributed by atoms with Crippen molar-refractivity contribution in [2.75, 3.05) is 58.3 Å². The first kappa shape index (κ1) is 35.6. The molecule has 8 rings (SSSR count). The van der Waals surface area contributed by atoms with E-state index in [1.807, 2.05) is 38.1 Å². The molecule has 3 aliphatic heterocycles. The Hall–Kier alpha value is -3.81. The van der Waals surface area contributed by atoms with E-state index in [4.69, 9.17) is 9.47 Å². The van der Waals surface area contributed by atoms with Gasteiger partial charge in [0, 0.05) is 100 Å². The molecule has 51 heavy (non-hydrogen) atoms. The number of halogens is 3. The number of likely N-dealkylation sites (tertiary alicyclic amines) is 1. The number of aromatic nitrogens is 3. The maximum absolute atomic E-state index is 13.6. The van der Waals surface area contributed by atoms with Crippen LogP contribution in [0.2, 0.25) is 0 Å². The summed E-state index contributed by atoms with van der Waals surface area (Å²) in [5, 5.41) is 0. The Kier molecular flexibility index (Phi) is 9.98. The molecule has 0 atom stereocenters. The zero-order chi connectivity index (χ0) is 35.9. The van der Waals surface area contributed by atoms with Gasteiger partial charge in [0.1, 0.15) is 29.7 Å². The molecule has 0 unspecified atom stereocenters. The van der Waals surface area contributed by atoms with Crippen molar-refractivity contribution >= 4 is 12.1 Å². The van der Waals surface area contributed by atoms with Crippen molar-refractivity contribution in [3.05, 3.63) is 65.6 Å². The van der Waals surface area contributed by atoms with Crippen LogP contribution in [-0.4, -0.2) is 113 Å². The number of pyridine rings is 1. The van der Waals surface area contributed by atoms with Crippen LogP contribution in [0, 0.1) is 17.2 Å². The minimum absolute atomic E-state index is 0.0433. The summed E-state index contributed by atoms with van der Waals surface area (Å²) in [6, 6.07) is 6.38. The SMILES string of the molecule is CC(C)N(C)C1CC(F)(F)C1.CN1CC(CN2CCc3nccc(OC4CC5(C4)CN(c4ncncc4Oc4ccc(F)cc4C=O)C5)c3C2)C1. The predicted octanol–water partition coefficient (Wildman–Crippen LogP) is 5.71. The third kappa shape index (κ3) is 7.85. The van der Waals surface area contributed by atoms with E-state index >= 15 is 0 Å². The van der Waals surface area contributed by atoms with Crippen molar-refractivity contribution in [2.24, 2.45) is 11.3 Å². The fourth-order valence-corrected chi connectivity index (χ4v) is 8.16. The summed E-state index contributed by atoms with van der Waals surface area (Å²) < 4.78 is 50.8. The third-order valence-corrected chi connectivity index (χ3v) is 11.2. The summed E-state index contributed by atoms with van der Waals surface area (Å²) in [5.41, 5.74) is 2.78. The van der Waals surface area contributed by atoms with Gasteiger partial charge in [-0.1, -0.05) is 0 Å². The Morgan fingerprint density at radius 2 is 1.82 bits per heavy atom. The molecule has 0 N–H and O–H groups in total. The Morgan fingerprint density at radius 3 is 2.51 bits per heavy atom. The second kappa shape index (κ2) is 14.3. The fraction of sp³-hybridized carbons (Fsp3) is 0.579. The molecule has 2 saturated heterocycles. The summed E-state index contributed by atoms with van der Waals surface area (Å²) in [7, 11) is 4.09. The van der Waals surface area contributed by atoms with Crippen LogP contribution < -0.4 is 14.4 Å². The molecule has 10 nitrogen and oxygen atoms in total. The summed E-state index contributed by atoms with van der Waals surface area (Å²) in [6.45, 7) is 11.3. The number of aldehydes is 1. The molecular weight excluding hydrogens is 659 g/mol. The van der Waals surface area contributed by atoms with E-state index in [1.54, 1.807) is 6.20 Å². The molecule has 274 valence electrons. The normalized spacial score (nSPS) is 22.6. The Morgan fingerprint density at radius 1 is 1.06 bits per heavy atom. The average Bonchev–Trinajstić information content (AvgIpc) is 3.04. The van der Waals surface area contributed by atoms with Crippen molar-refractivity contribution in [1.82, 2.24) is 29.7 Å². The van der Waals surface area contributed by atoms with Crippen molar-refractivity contribution < 1.29 is 27.4 Å². The molecule has 13 heteroatoms. The first-order chi connectivity index (χ1) is 24.4. The zero-order valence-corrected chi connectivity index (χ0v) is 29.9. The highest BCUT2D eigenvalue weighted by molar-refractivity contribution is 5.79. The van der Waals surface area contributed by atoms with Crippen LogP contribution in [-0.2, 0) is 13.0 Å². The largest absolute Gasteiger partial charge is 0.490 e. The summed E-state index contributed by atoms with van der Waals surface area (Å²) in [5.74, 6) is 0.286. The standard InChI is InChI=1S/C30H33FN6O3.C8H15F2N/c1-35-12-20(13-35)14-36-7-5-25-24(15-36)27(4-6-33-25)39-23-9-30(10-23)17-37(18-30)29-28(11-32-19-34-29)40-26-3-2-22(31)8-21(26)16-38;1-6(2)11(3)7-4-8(9,10)5-7/h2-4,6,8,11,16,19-20,23H,5,7,9-10,12-15,17-18H2,1H3;6-7H,4-5H2,1-3H3. The number of anilines is 1. The van der Waals surface area contributed by atoms with E-state index in [0.717, 1.165) is 69.7 Å². The van der Waals surface area contributed by atoms with Gasteiger partial charge in [-0.2, -0.15) is 0 Å². The van der Waals surface area contributed by atoms with Gasteiger partial charge in [-0.3, -0.25) is 14.7 Å². The lowest BCUT2D eigenvalue weighted by molar-refractivity contribution is -0.124. The smallest absolute Gasteiger partial charge is 0.251 e. The van der Waals surface area contributed by atoms with Crippen LogP contribution in [0.5, 0.6) is 17.2 Å². The van der Waals surface area contributed by atoms with Gasteiger partial charge >= 0.3 is 0 Å². The van der Waals surface area contributed by atoms with Crippen molar-refractivity contribution in [3.8, 4) is 17.2 Å². The summed E-state index contributed by atoms with van der Waals surface area (Å²) >= 11 is 0. The number of fused-ring (bicyclic) bond motifs is 1. The molecule has 2 saturated carbocycles. The van der Waals surface area contributed by atoms with Gasteiger partial charge in [-0.25, -0.2) is 23.1 Å². The Bertz CT molecular complexity index is 1700. The number of carbonyl (C=O) groups excluding carboxylic acids is 1. The first-order valence-electron chi connectivity index (χ1n) is 18.0. The van der Waals surface area contributed by atoms with E-state index in [1.165, 1.54) is 42.8 Å². The van der Waals surface area contributed by atoms with Crippen LogP contribution in [0.3, 0.4) is 0 Å². The van der Waals surface area contributed by atoms with E-state index in [0.29, 0.717) is 23.9 Å². The zero-order valence-electron chi connectivity index (χ0n) is 29.9. The Labute approximate surface area is 297 Å². The van der Waals surface area contributed by atoms with Crippen molar-refractivity contribution in [1.29, 1.82) is 0 Å². The van der Waals surface area contributed by atoms with E-state index in [2.05, 4.69) is 36.7 Å². The molecule has 5 aliphatic rings. The number of benzene rings is 1. The molecular formula is C38H48F3N7O3. The minimum atomic E-state index is -2.38. The topological polar surface area (TPSA) is 87.2 Å². The lowest BCUT2D eigenvalue weighted by Crippen LogP contribution is -2.65. The lowest BCUT2D eigenvalue weighted by Gasteiger charge is -2.59. The molecule has 0 bridgehead atoms. The van der Waals surface area contributed by atoms with Crippen LogP contribution in [0.4, 0.5) is 19.0 Å². The quantitative estimate of drug-likeness (QED) is 0.245. The average molecular weight is 708 g/mol. The van der Waals surface area contributed by atoms with Gasteiger partial charge < -0.3 is 24.2 Å². The fourth-order valence-electron chi connectivity index (χ4n) is 8.16. The van der Waals surface area contributed by atoms with E-state index in [-0.39, 0.29) is 41.7 Å². The van der Waals surface area contributed by atoms with Crippen LogP contribution in [0.25, 0.3) is 0 Å². The van der Waals surface area contributed by atoms with Crippen molar-refractivity contribution in [3.63, 3.8) is 0 Å². The molecule has 1 spiro atoms. The molecule has 2 aliphatic carbocycles. The molecule has 5 heterocycles. The lowest BCUT2D eigenvalue weighted by atomic mass is 9.61. The Balaban J connectivity index is 0.000000318. The molecule has 2 aromatic heterocycles. The highest BCUT2D eigenvalue weighted by Gasteiger charge is 2.54. The highest BCUT2D eigenvalue weighted by atomic mass is 19.3. The molecule has 1 aromatic carbocycles. The maximum atomic E-state index is 13.6. The monoisotopic (exact) mass is 707 g/mol. The van der Waals surface area contributed by atoms with Crippen molar-refractivity contribution in [2.45, 2.75) is 76.6 Å². The first-order valence-corrected chi connectivity index (χ1v) is 18.0. The summed E-state index contributed by atoms with van der Waals surface area (Å²) in [4.78, 5) is 33.7. The minimum Gasteiger partial charge on any atom is -0.490 e. The van der Waals surface area contributed by atoms with Gasteiger partial charge in [0.05, 0.1) is 11.8 Å². The van der Waals surface area contributed by atoms with Crippen LogP contribution >= 0.6 is 0 Å². The van der Waals surface area contributed by atoms with E-state index in [9.17, 15) is 18.0 Å². The number of ether oxygens (including phenoxy) is 2. The van der Waals surface area contributed by atoms with Gasteiger partial charge in [0.15, 0.2) is 17.9 Å². The van der Waals surface area contributed by atoms with Gasteiger partial charge in [-0.05, 0) is 71.0 Å². The second-order valence-corrected chi connectivity index (χ2v) is 15.6. The second-order valence-electron chi connectivity index (χ2n) is 15.6. The molecule has 3 aromatic rings. The number of hydrogen-bond acceptors (Lipinski definition) is 10. The van der Waals surface area contributed by atoms with Gasteiger partial charge in [-0.15, -0.1) is 0 Å². The number of rotatable bonds is 10. The predicted molar refractivity (Wildman–Crippen MR) is 187 cm³/mol. The van der Waals surface area contributed by atoms with Crippen LogP contribution in [0.15, 0.2) is 43.0 Å². The summed E-state index contributed by atoms with van der Waals surface area (Å²) in [6.07, 6.45) is 8.79. The van der Waals surface area contributed by atoms with E-state index < -0.39 is 11.7 Å². The molecule has 0 amide bonds. The number of nitrogens with zero attached hydrogens (tertiary/aromatic N) is 7. The number of carbonyl (C=O) groups is 1. The van der Waals surface area contributed by atoms with Gasteiger partial charge in [0.2, 0.25) is 0 Å². The molecule has 0 radical (unpaired) electrons. The third-order valence-electron chi connectivity index (χ3n) is 11.2. The number of hydrogen-bond donors (Lipinski definition) is 0. The maximum Gasteiger partial charge on any atom is 0.251 e.